The molecule has 0 radical (unpaired) electrons. The SMILES string of the molecule is CC1CC(NCC2CCCS2(=O)=O)CN(Cc2ccccc2)C1. The van der Waals surface area contributed by atoms with E-state index >= 15 is 0 Å². The Balaban J connectivity index is 1.53. The van der Waals surface area contributed by atoms with Gasteiger partial charge in [0.25, 0.3) is 0 Å². The summed E-state index contributed by atoms with van der Waals surface area (Å²) in [6, 6.07) is 11.0. The number of hydrogen-bond donors (Lipinski definition) is 1. The molecule has 2 heterocycles. The summed E-state index contributed by atoms with van der Waals surface area (Å²) in [4.78, 5) is 2.49. The van der Waals surface area contributed by atoms with E-state index in [-0.39, 0.29) is 5.25 Å². The quantitative estimate of drug-likeness (QED) is 0.894. The molecule has 3 atom stereocenters. The van der Waals surface area contributed by atoms with Crippen molar-refractivity contribution in [2.24, 2.45) is 5.92 Å². The van der Waals surface area contributed by atoms with Gasteiger partial charge in [0.05, 0.1) is 11.0 Å². The van der Waals surface area contributed by atoms with E-state index in [4.69, 9.17) is 0 Å². The number of rotatable bonds is 5. The number of piperidine rings is 1. The van der Waals surface area contributed by atoms with Crippen LogP contribution in [-0.4, -0.2) is 50.0 Å². The summed E-state index contributed by atoms with van der Waals surface area (Å²) in [5, 5.41) is 3.38. The molecule has 3 rings (SSSR count). The van der Waals surface area contributed by atoms with Gasteiger partial charge in [0.2, 0.25) is 0 Å². The van der Waals surface area contributed by atoms with E-state index in [9.17, 15) is 8.42 Å². The Labute approximate surface area is 140 Å². The lowest BCUT2D eigenvalue weighted by atomic mass is 9.95. The van der Waals surface area contributed by atoms with E-state index in [1.807, 2.05) is 0 Å². The molecule has 5 heteroatoms. The van der Waals surface area contributed by atoms with E-state index in [1.54, 1.807) is 0 Å². The van der Waals surface area contributed by atoms with Crippen molar-refractivity contribution in [2.75, 3.05) is 25.4 Å². The third-order valence-corrected chi connectivity index (χ3v) is 7.36. The molecular formula is C18H28N2O2S. The smallest absolute Gasteiger partial charge is 0.154 e. The molecular weight excluding hydrogens is 308 g/mol. The molecule has 128 valence electrons. The lowest BCUT2D eigenvalue weighted by Crippen LogP contribution is -2.50. The summed E-state index contributed by atoms with van der Waals surface area (Å²) < 4.78 is 23.9. The molecule has 0 aliphatic carbocycles. The highest BCUT2D eigenvalue weighted by Gasteiger charge is 2.32. The van der Waals surface area contributed by atoms with Crippen LogP contribution < -0.4 is 5.32 Å². The van der Waals surface area contributed by atoms with Crippen molar-refractivity contribution in [1.82, 2.24) is 10.2 Å². The van der Waals surface area contributed by atoms with Crippen molar-refractivity contribution in [3.63, 3.8) is 0 Å². The van der Waals surface area contributed by atoms with Crippen molar-refractivity contribution in [1.29, 1.82) is 0 Å². The van der Waals surface area contributed by atoms with E-state index in [0.29, 0.717) is 24.3 Å². The van der Waals surface area contributed by atoms with Crippen LogP contribution in [0, 0.1) is 5.92 Å². The fourth-order valence-electron chi connectivity index (χ4n) is 3.97. The van der Waals surface area contributed by atoms with Gasteiger partial charge in [-0.3, -0.25) is 4.90 Å². The van der Waals surface area contributed by atoms with Crippen LogP contribution >= 0.6 is 0 Å². The number of likely N-dealkylation sites (tertiary alicyclic amines) is 1. The first-order chi connectivity index (χ1) is 11.0. The number of hydrogen-bond acceptors (Lipinski definition) is 4. The zero-order valence-corrected chi connectivity index (χ0v) is 14.8. The highest BCUT2D eigenvalue weighted by molar-refractivity contribution is 7.92. The third-order valence-electron chi connectivity index (χ3n) is 5.08. The molecule has 2 aliphatic rings. The van der Waals surface area contributed by atoms with Gasteiger partial charge in [0, 0.05) is 32.2 Å². The maximum Gasteiger partial charge on any atom is 0.154 e. The summed E-state index contributed by atoms with van der Waals surface area (Å²) in [6.45, 7) is 6.02. The van der Waals surface area contributed by atoms with Crippen LogP contribution in [0.25, 0.3) is 0 Å². The van der Waals surface area contributed by atoms with Crippen molar-refractivity contribution in [3.05, 3.63) is 35.9 Å². The average Bonchev–Trinajstić information content (AvgIpc) is 2.84. The zero-order valence-electron chi connectivity index (χ0n) is 13.9. The minimum atomic E-state index is -2.84. The van der Waals surface area contributed by atoms with Crippen molar-refractivity contribution >= 4 is 9.84 Å². The lowest BCUT2D eigenvalue weighted by Gasteiger charge is -2.37. The van der Waals surface area contributed by atoms with E-state index < -0.39 is 9.84 Å². The van der Waals surface area contributed by atoms with Crippen molar-refractivity contribution in [2.45, 2.75) is 44.0 Å². The van der Waals surface area contributed by atoms with Gasteiger partial charge in [-0.05, 0) is 30.7 Å². The predicted molar refractivity (Wildman–Crippen MR) is 94.1 cm³/mol. The molecule has 1 N–H and O–H groups in total. The Kier molecular flexibility index (Phi) is 5.39. The van der Waals surface area contributed by atoms with Crippen LogP contribution in [0.4, 0.5) is 0 Å². The number of nitrogens with one attached hydrogen (secondary N) is 1. The first-order valence-corrected chi connectivity index (χ1v) is 10.5. The number of sulfone groups is 1. The molecule has 0 saturated carbocycles. The Morgan fingerprint density at radius 2 is 2.00 bits per heavy atom. The predicted octanol–water partition coefficient (Wildman–Crippen LogP) is 2.06. The monoisotopic (exact) mass is 336 g/mol. The van der Waals surface area contributed by atoms with Crippen LogP contribution in [0.2, 0.25) is 0 Å². The molecule has 1 aromatic rings. The molecule has 2 saturated heterocycles. The van der Waals surface area contributed by atoms with Crippen LogP contribution in [0.5, 0.6) is 0 Å². The van der Waals surface area contributed by atoms with Crippen LogP contribution in [-0.2, 0) is 16.4 Å². The second-order valence-corrected chi connectivity index (χ2v) is 9.66. The molecule has 0 aromatic heterocycles. The van der Waals surface area contributed by atoms with Gasteiger partial charge in [0.15, 0.2) is 9.84 Å². The molecule has 0 bridgehead atoms. The van der Waals surface area contributed by atoms with Gasteiger partial charge < -0.3 is 5.32 Å². The van der Waals surface area contributed by atoms with Gasteiger partial charge in [-0.15, -0.1) is 0 Å². The Hall–Kier alpha value is -0.910. The minimum absolute atomic E-state index is 0.165. The maximum atomic E-state index is 12.0. The number of benzene rings is 1. The summed E-state index contributed by atoms with van der Waals surface area (Å²) in [7, 11) is -2.84. The average molecular weight is 337 g/mol. The second kappa shape index (κ2) is 7.32. The molecule has 4 nitrogen and oxygen atoms in total. The van der Waals surface area contributed by atoms with Crippen LogP contribution in [0.1, 0.15) is 31.7 Å². The molecule has 3 unspecified atom stereocenters. The molecule has 23 heavy (non-hydrogen) atoms. The molecule has 0 amide bonds. The van der Waals surface area contributed by atoms with Crippen LogP contribution in [0.3, 0.4) is 0 Å². The number of nitrogens with zero attached hydrogens (tertiary/aromatic N) is 1. The summed E-state index contributed by atoms with van der Waals surface area (Å²) >= 11 is 0. The minimum Gasteiger partial charge on any atom is -0.311 e. The van der Waals surface area contributed by atoms with E-state index in [1.165, 1.54) is 5.56 Å². The molecule has 2 aliphatic heterocycles. The fourth-order valence-corrected chi connectivity index (χ4v) is 5.74. The molecule has 2 fully saturated rings. The highest BCUT2D eigenvalue weighted by atomic mass is 32.2. The van der Waals surface area contributed by atoms with Gasteiger partial charge in [-0.25, -0.2) is 8.42 Å². The lowest BCUT2D eigenvalue weighted by molar-refractivity contribution is 0.142. The van der Waals surface area contributed by atoms with E-state index in [0.717, 1.165) is 38.9 Å². The van der Waals surface area contributed by atoms with Gasteiger partial charge >= 0.3 is 0 Å². The Morgan fingerprint density at radius 1 is 1.22 bits per heavy atom. The maximum absolute atomic E-state index is 12.0. The Bertz CT molecular complexity index is 603. The molecule has 0 spiro atoms. The summed E-state index contributed by atoms with van der Waals surface area (Å²) in [5.41, 5.74) is 1.35. The summed E-state index contributed by atoms with van der Waals surface area (Å²) in [5.74, 6) is 1.02. The van der Waals surface area contributed by atoms with Crippen molar-refractivity contribution in [3.8, 4) is 0 Å². The van der Waals surface area contributed by atoms with Crippen molar-refractivity contribution < 1.29 is 8.42 Å². The van der Waals surface area contributed by atoms with Gasteiger partial charge in [0.1, 0.15) is 0 Å². The van der Waals surface area contributed by atoms with Gasteiger partial charge in [-0.2, -0.15) is 0 Å². The standard InChI is InChI=1S/C18H28N2O2S/c1-15-10-17(19-11-18-8-5-9-23(18,21)22)14-20(12-15)13-16-6-3-2-4-7-16/h2-4,6-7,15,17-19H,5,8-14H2,1H3. The van der Waals surface area contributed by atoms with Crippen LogP contribution in [0.15, 0.2) is 30.3 Å². The largest absolute Gasteiger partial charge is 0.311 e. The van der Waals surface area contributed by atoms with E-state index in [2.05, 4.69) is 47.5 Å². The fraction of sp³-hybridized carbons (Fsp3) is 0.667. The zero-order chi connectivity index (χ0) is 16.3. The summed E-state index contributed by atoms with van der Waals surface area (Å²) in [6.07, 6.45) is 2.79. The Morgan fingerprint density at radius 3 is 2.70 bits per heavy atom. The topological polar surface area (TPSA) is 49.4 Å². The third kappa shape index (κ3) is 4.55. The first-order valence-electron chi connectivity index (χ1n) is 8.74. The molecule has 1 aromatic carbocycles. The van der Waals surface area contributed by atoms with Gasteiger partial charge in [-0.1, -0.05) is 37.3 Å². The highest BCUT2D eigenvalue weighted by Crippen LogP contribution is 2.22. The second-order valence-electron chi connectivity index (χ2n) is 7.26. The normalized spacial score (nSPS) is 31.3. The first kappa shape index (κ1) is 16.9.